The van der Waals surface area contributed by atoms with Crippen LogP contribution in [0.25, 0.3) is 33.1 Å². The zero-order valence-electron chi connectivity index (χ0n) is 27.6. The highest BCUT2D eigenvalue weighted by atomic mass is 35.5. The average molecular weight is 759 g/mol. The number of H-pyrrole nitrogens is 1. The molecule has 0 aliphatic heterocycles. The molecule has 270 valence electrons. The molecule has 0 spiro atoms. The van der Waals surface area contributed by atoms with Crippen molar-refractivity contribution in [2.75, 3.05) is 11.0 Å². The van der Waals surface area contributed by atoms with Gasteiger partial charge in [0.25, 0.3) is 12.3 Å². The number of pyridine rings is 1. The minimum Gasteiger partial charge on any atom is -0.360 e. The molecule has 2 aromatic carbocycles. The fourth-order valence-corrected chi connectivity index (χ4v) is 8.44. The minimum absolute atomic E-state index is 0.165. The number of hydrogen-bond donors (Lipinski definition) is 3. The summed E-state index contributed by atoms with van der Waals surface area (Å²) in [6.07, 6.45) is 0.200. The summed E-state index contributed by atoms with van der Waals surface area (Å²) >= 11 is 8.00. The molecular weight excluding hydrogens is 730 g/mol. The van der Waals surface area contributed by atoms with Crippen molar-refractivity contribution in [3.63, 3.8) is 0 Å². The molecule has 0 saturated heterocycles. The molecule has 8 rings (SSSR count). The van der Waals surface area contributed by atoms with Crippen LogP contribution in [-0.4, -0.2) is 41.7 Å². The lowest BCUT2D eigenvalue weighted by atomic mass is 9.93. The van der Waals surface area contributed by atoms with E-state index in [2.05, 4.69) is 25.2 Å². The SMILES string of the molecule is CSNc1nn(C)c2c(-c3cc4[nH]ccc4nc3C(Cc3cc(F)cc(F)c3)NC(=O)Cn3nc(C(F)F)c4c3C(F)(F)C3C(C)C43)ccc(Cl)c12. The largest absolute Gasteiger partial charge is 0.360 e. The first-order chi connectivity index (χ1) is 24.8. The summed E-state index contributed by atoms with van der Waals surface area (Å²) in [5.74, 6) is -7.91. The van der Waals surface area contributed by atoms with Crippen molar-refractivity contribution in [2.45, 2.75) is 44.2 Å². The van der Waals surface area contributed by atoms with E-state index < -0.39 is 71.6 Å². The summed E-state index contributed by atoms with van der Waals surface area (Å²) in [6.45, 7) is 0.766. The quantitative estimate of drug-likeness (QED) is 0.0958. The lowest BCUT2D eigenvalue weighted by Gasteiger charge is -2.23. The molecule has 4 unspecified atom stereocenters. The third kappa shape index (κ3) is 5.49. The van der Waals surface area contributed by atoms with Gasteiger partial charge >= 0.3 is 0 Å². The van der Waals surface area contributed by atoms with Gasteiger partial charge < -0.3 is 15.0 Å². The Bertz CT molecular complexity index is 2390. The van der Waals surface area contributed by atoms with Gasteiger partial charge in [-0.1, -0.05) is 36.5 Å². The van der Waals surface area contributed by atoms with E-state index in [-0.39, 0.29) is 23.2 Å². The van der Waals surface area contributed by atoms with Gasteiger partial charge in [0.15, 0.2) is 5.82 Å². The zero-order chi connectivity index (χ0) is 36.8. The second-order valence-corrected chi connectivity index (χ2v) is 14.2. The molecule has 2 aliphatic carbocycles. The van der Waals surface area contributed by atoms with Gasteiger partial charge in [-0.05, 0) is 48.2 Å². The number of carbonyl (C=O) groups is 1. The number of halogens is 7. The maximum atomic E-state index is 15.6. The monoisotopic (exact) mass is 758 g/mol. The Morgan fingerprint density at radius 1 is 1.08 bits per heavy atom. The van der Waals surface area contributed by atoms with Crippen LogP contribution in [0.1, 0.15) is 53.5 Å². The molecule has 6 aromatic rings. The zero-order valence-corrected chi connectivity index (χ0v) is 29.2. The Kier molecular flexibility index (Phi) is 8.24. The molecule has 4 atom stereocenters. The number of benzene rings is 2. The van der Waals surface area contributed by atoms with Gasteiger partial charge in [-0.3, -0.25) is 14.2 Å². The van der Waals surface area contributed by atoms with E-state index in [1.54, 1.807) is 43.0 Å². The van der Waals surface area contributed by atoms with E-state index in [4.69, 9.17) is 16.6 Å². The Morgan fingerprint density at radius 3 is 2.54 bits per heavy atom. The van der Waals surface area contributed by atoms with E-state index in [9.17, 15) is 22.4 Å². The van der Waals surface area contributed by atoms with Crippen molar-refractivity contribution >= 4 is 57.2 Å². The summed E-state index contributed by atoms with van der Waals surface area (Å²) in [4.78, 5) is 21.9. The molecular formula is C35H29ClF6N8OS. The van der Waals surface area contributed by atoms with Crippen LogP contribution in [0, 0.1) is 23.5 Å². The van der Waals surface area contributed by atoms with Crippen LogP contribution in [0.5, 0.6) is 0 Å². The van der Waals surface area contributed by atoms with Crippen LogP contribution in [0.15, 0.2) is 48.7 Å². The van der Waals surface area contributed by atoms with Crippen LogP contribution >= 0.6 is 23.5 Å². The number of aromatic amines is 1. The standard InChI is InChI=1S/C35H29ClF6N8OS/c1-14-25-27-30(33(39)40)46-50(32(27)35(41,42)28(14)25)13-24(51)44-23(10-15-8-16(37)11-17(38)9-15)29-19(12-22-21(45-29)6-7-43-22)18-4-5-20(36)26-31(18)49(2)47-34(26)48-52-3/h4-9,11-12,14,23,25,28,33,43H,10,13H2,1-3H3,(H,44,51)(H,47,48). The molecule has 9 nitrogen and oxygen atoms in total. The van der Waals surface area contributed by atoms with Crippen molar-refractivity contribution in [3.05, 3.63) is 93.5 Å². The van der Waals surface area contributed by atoms with Crippen LogP contribution < -0.4 is 10.0 Å². The number of aromatic nitrogens is 6. The van der Waals surface area contributed by atoms with Crippen LogP contribution in [0.4, 0.5) is 32.2 Å². The Labute approximate surface area is 301 Å². The highest BCUT2D eigenvalue weighted by Crippen LogP contribution is 2.71. The molecule has 0 radical (unpaired) electrons. The van der Waals surface area contributed by atoms with Gasteiger partial charge in [0.05, 0.1) is 38.7 Å². The first-order valence-electron chi connectivity index (χ1n) is 16.2. The van der Waals surface area contributed by atoms with Gasteiger partial charge in [-0.25, -0.2) is 22.5 Å². The van der Waals surface area contributed by atoms with Crippen LogP contribution in [0.3, 0.4) is 0 Å². The molecule has 4 aromatic heterocycles. The third-order valence-electron chi connectivity index (χ3n) is 9.98. The van der Waals surface area contributed by atoms with Gasteiger partial charge in [-0.15, -0.1) is 0 Å². The number of aryl methyl sites for hydroxylation is 1. The lowest BCUT2D eigenvalue weighted by Crippen LogP contribution is -2.35. The van der Waals surface area contributed by atoms with Gasteiger partial charge in [0.2, 0.25) is 5.91 Å². The molecule has 1 amide bonds. The van der Waals surface area contributed by atoms with E-state index in [0.29, 0.717) is 54.7 Å². The van der Waals surface area contributed by atoms with E-state index in [0.717, 1.165) is 12.1 Å². The highest BCUT2D eigenvalue weighted by molar-refractivity contribution is 7.99. The molecule has 1 fully saturated rings. The number of hydrogen-bond acceptors (Lipinski definition) is 6. The minimum atomic E-state index is -3.46. The second kappa shape index (κ2) is 12.5. The third-order valence-corrected chi connectivity index (χ3v) is 10.7. The average Bonchev–Trinajstić information content (AvgIpc) is 3.45. The van der Waals surface area contributed by atoms with E-state index in [1.807, 2.05) is 12.3 Å². The first kappa shape index (κ1) is 34.4. The van der Waals surface area contributed by atoms with E-state index >= 15 is 8.78 Å². The number of anilines is 1. The number of alkyl halides is 4. The molecule has 3 N–H and O–H groups in total. The number of rotatable bonds is 10. The molecule has 1 saturated carbocycles. The summed E-state index contributed by atoms with van der Waals surface area (Å²) in [5.41, 5.74) is 1.65. The second-order valence-electron chi connectivity index (χ2n) is 13.2. The summed E-state index contributed by atoms with van der Waals surface area (Å²) in [7, 11) is 1.74. The van der Waals surface area contributed by atoms with Gasteiger partial charge in [-0.2, -0.15) is 19.0 Å². The number of fused-ring (bicyclic) bond motifs is 5. The lowest BCUT2D eigenvalue weighted by molar-refractivity contribution is -0.123. The Balaban J connectivity index is 1.25. The summed E-state index contributed by atoms with van der Waals surface area (Å²) < 4.78 is 93.6. The fraction of sp³-hybridized carbons (Fsp3) is 0.314. The molecule has 17 heteroatoms. The maximum Gasteiger partial charge on any atom is 0.293 e. The molecule has 4 heterocycles. The number of nitrogens with zero attached hydrogens (tertiary/aromatic N) is 5. The number of nitrogens with one attached hydrogen (secondary N) is 3. The van der Waals surface area contributed by atoms with E-state index in [1.165, 1.54) is 11.9 Å². The Morgan fingerprint density at radius 2 is 1.83 bits per heavy atom. The summed E-state index contributed by atoms with van der Waals surface area (Å²) in [6, 6.07) is 8.79. The Hall–Kier alpha value is -4.70. The van der Waals surface area contributed by atoms with Gasteiger partial charge in [0.1, 0.15) is 29.6 Å². The highest BCUT2D eigenvalue weighted by Gasteiger charge is 2.71. The normalized spacial score (nSPS) is 19.3. The van der Waals surface area contributed by atoms with Crippen molar-refractivity contribution in [1.29, 1.82) is 0 Å². The van der Waals surface area contributed by atoms with Crippen molar-refractivity contribution in [1.82, 2.24) is 34.8 Å². The fourth-order valence-electron chi connectivity index (χ4n) is 7.87. The van der Waals surface area contributed by atoms with Crippen LogP contribution in [-0.2, 0) is 30.7 Å². The molecule has 0 bridgehead atoms. The van der Waals surface area contributed by atoms with Crippen molar-refractivity contribution in [2.24, 2.45) is 18.9 Å². The van der Waals surface area contributed by atoms with Crippen molar-refractivity contribution < 1.29 is 31.1 Å². The molecule has 2 aliphatic rings. The summed E-state index contributed by atoms with van der Waals surface area (Å²) in [5, 5.41) is 12.2. The van der Waals surface area contributed by atoms with Crippen molar-refractivity contribution in [3.8, 4) is 11.1 Å². The number of amides is 1. The smallest absolute Gasteiger partial charge is 0.293 e. The van der Waals surface area contributed by atoms with Crippen LogP contribution in [0.2, 0.25) is 5.02 Å². The predicted molar refractivity (Wildman–Crippen MR) is 185 cm³/mol. The predicted octanol–water partition coefficient (Wildman–Crippen LogP) is 8.43. The number of carbonyl (C=O) groups excluding carboxylic acids is 1. The van der Waals surface area contributed by atoms with Gasteiger partial charge in [0, 0.05) is 54.1 Å². The maximum absolute atomic E-state index is 15.6. The molecule has 52 heavy (non-hydrogen) atoms. The topological polar surface area (TPSA) is 105 Å². The first-order valence-corrected chi connectivity index (χ1v) is 17.8.